The van der Waals surface area contributed by atoms with Crippen LogP contribution in [-0.2, 0) is 0 Å². The first-order valence-electron chi connectivity index (χ1n) is 9.47. The van der Waals surface area contributed by atoms with Gasteiger partial charge in [0.05, 0.1) is 22.2 Å². The molecule has 0 amide bonds. The van der Waals surface area contributed by atoms with Gasteiger partial charge in [0.15, 0.2) is 5.82 Å². The predicted molar refractivity (Wildman–Crippen MR) is 119 cm³/mol. The van der Waals surface area contributed by atoms with Crippen LogP contribution in [0.4, 0.5) is 0 Å². The van der Waals surface area contributed by atoms with Crippen LogP contribution in [0.3, 0.4) is 0 Å². The summed E-state index contributed by atoms with van der Waals surface area (Å²) in [5.41, 5.74) is 1.12. The van der Waals surface area contributed by atoms with Crippen LogP contribution in [0, 0.1) is 5.92 Å². The van der Waals surface area contributed by atoms with E-state index in [0.29, 0.717) is 40.7 Å². The van der Waals surface area contributed by atoms with Gasteiger partial charge in [0.25, 0.3) is 5.56 Å². The fraction of sp³-hybridized carbons (Fsp3) is 0.286. The summed E-state index contributed by atoms with van der Waals surface area (Å²) in [6.45, 7) is 2.77. The summed E-state index contributed by atoms with van der Waals surface area (Å²) >= 11 is 1.64. The maximum absolute atomic E-state index is 12.7. The normalized spacial score (nSPS) is 14.8. The van der Waals surface area contributed by atoms with Gasteiger partial charge in [-0.05, 0) is 72.9 Å². The zero-order chi connectivity index (χ0) is 18.9. The Bertz CT molecular complexity index is 1200. The number of hydrogen-bond acceptors (Lipinski definition) is 6. The molecule has 5 rings (SSSR count). The minimum Gasteiger partial charge on any atom is -0.493 e. The molecule has 1 aliphatic heterocycles. The number of H-pyrrole nitrogens is 1. The molecule has 1 fully saturated rings. The van der Waals surface area contributed by atoms with Gasteiger partial charge in [-0.1, -0.05) is 0 Å². The third-order valence-electron chi connectivity index (χ3n) is 5.20. The smallest absolute Gasteiger partial charge is 0.259 e. The molecule has 0 radical (unpaired) electrons. The summed E-state index contributed by atoms with van der Waals surface area (Å²) in [6, 6.07) is 9.49. The third kappa shape index (κ3) is 4.12. The average Bonchev–Trinajstić information content (AvgIpc) is 3.21. The zero-order valence-electron chi connectivity index (χ0n) is 15.7. The average molecular weight is 429 g/mol. The maximum Gasteiger partial charge on any atom is 0.259 e. The van der Waals surface area contributed by atoms with Crippen molar-refractivity contribution in [2.24, 2.45) is 5.92 Å². The van der Waals surface area contributed by atoms with E-state index in [0.717, 1.165) is 36.0 Å². The molecule has 0 spiro atoms. The Morgan fingerprint density at radius 2 is 2.03 bits per heavy atom. The number of aromatic nitrogens is 3. The van der Waals surface area contributed by atoms with Gasteiger partial charge in [-0.15, -0.1) is 23.7 Å². The van der Waals surface area contributed by atoms with Crippen LogP contribution in [0.5, 0.6) is 5.75 Å². The van der Waals surface area contributed by atoms with E-state index in [4.69, 9.17) is 4.74 Å². The SMILES string of the molecule is Cl.O=c1[nH]c(-c2cc3ccsc3cn2)nc2ccc(OCC3CCNCC3)cc12. The molecular formula is C21H21ClN4O2S. The van der Waals surface area contributed by atoms with E-state index in [-0.39, 0.29) is 18.0 Å². The van der Waals surface area contributed by atoms with E-state index in [2.05, 4.69) is 20.3 Å². The number of thiophene rings is 1. The second kappa shape index (κ2) is 8.49. The van der Waals surface area contributed by atoms with Gasteiger partial charge < -0.3 is 15.0 Å². The van der Waals surface area contributed by atoms with Crippen molar-refractivity contribution >= 4 is 44.7 Å². The number of pyridine rings is 1. The number of rotatable bonds is 4. The molecule has 0 unspecified atom stereocenters. The molecular weight excluding hydrogens is 408 g/mol. The number of ether oxygens (including phenoxy) is 1. The first-order chi connectivity index (χ1) is 13.8. The molecule has 1 aromatic carbocycles. The van der Waals surface area contributed by atoms with Crippen LogP contribution in [0.2, 0.25) is 0 Å². The Balaban J connectivity index is 0.00000205. The number of nitrogens with one attached hydrogen (secondary N) is 2. The van der Waals surface area contributed by atoms with E-state index < -0.39 is 0 Å². The summed E-state index contributed by atoms with van der Waals surface area (Å²) in [7, 11) is 0. The Labute approximate surface area is 177 Å². The van der Waals surface area contributed by atoms with Crippen molar-refractivity contribution in [3.63, 3.8) is 0 Å². The Morgan fingerprint density at radius 3 is 2.90 bits per heavy atom. The highest BCUT2D eigenvalue weighted by Gasteiger charge is 2.14. The topological polar surface area (TPSA) is 79.9 Å². The molecule has 0 bridgehead atoms. The van der Waals surface area contributed by atoms with E-state index in [1.54, 1.807) is 17.4 Å². The van der Waals surface area contributed by atoms with Crippen LogP contribution in [0.25, 0.3) is 32.5 Å². The summed E-state index contributed by atoms with van der Waals surface area (Å²) < 4.78 is 7.06. The number of halogens is 1. The van der Waals surface area contributed by atoms with Crippen molar-refractivity contribution in [1.29, 1.82) is 0 Å². The molecule has 0 saturated carbocycles. The van der Waals surface area contributed by atoms with Crippen LogP contribution >= 0.6 is 23.7 Å². The Morgan fingerprint density at radius 1 is 1.17 bits per heavy atom. The van der Waals surface area contributed by atoms with Gasteiger partial charge in [-0.3, -0.25) is 9.78 Å². The standard InChI is InChI=1S/C21H20N4O2S.ClH/c26-21-16-10-15(27-12-13-3-6-22-7-4-13)1-2-17(16)24-20(25-21)18-9-14-5-8-28-19(14)11-23-18;/h1-2,5,8-11,13,22H,3-4,6-7,12H2,(H,24,25,26);1H. The second-order valence-electron chi connectivity index (χ2n) is 7.13. The molecule has 1 aliphatic rings. The van der Waals surface area contributed by atoms with Crippen LogP contribution in [0.1, 0.15) is 12.8 Å². The molecule has 2 N–H and O–H groups in total. The van der Waals surface area contributed by atoms with E-state index in [9.17, 15) is 4.79 Å². The first-order valence-corrected chi connectivity index (χ1v) is 10.4. The van der Waals surface area contributed by atoms with Gasteiger partial charge in [0.2, 0.25) is 0 Å². The fourth-order valence-electron chi connectivity index (χ4n) is 3.59. The molecule has 0 aliphatic carbocycles. The van der Waals surface area contributed by atoms with Gasteiger partial charge in [0.1, 0.15) is 11.4 Å². The summed E-state index contributed by atoms with van der Waals surface area (Å²) in [5.74, 6) is 1.76. The number of aromatic amines is 1. The number of fused-ring (bicyclic) bond motifs is 2. The lowest BCUT2D eigenvalue weighted by atomic mass is 9.99. The van der Waals surface area contributed by atoms with Crippen LogP contribution in [-0.4, -0.2) is 34.6 Å². The number of piperidine rings is 1. The van der Waals surface area contributed by atoms with Crippen molar-refractivity contribution in [2.45, 2.75) is 12.8 Å². The number of nitrogens with zero attached hydrogens (tertiary/aromatic N) is 2. The molecule has 0 atom stereocenters. The van der Waals surface area contributed by atoms with Crippen molar-refractivity contribution in [3.05, 3.63) is 52.3 Å². The minimum absolute atomic E-state index is 0. The van der Waals surface area contributed by atoms with Gasteiger partial charge >= 0.3 is 0 Å². The predicted octanol–water partition coefficient (Wildman–Crippen LogP) is 4.00. The highest BCUT2D eigenvalue weighted by atomic mass is 35.5. The monoisotopic (exact) mass is 428 g/mol. The fourth-order valence-corrected chi connectivity index (χ4v) is 4.33. The van der Waals surface area contributed by atoms with Crippen LogP contribution < -0.4 is 15.6 Å². The Kier molecular flexibility index (Phi) is 5.80. The van der Waals surface area contributed by atoms with Gasteiger partial charge in [-0.25, -0.2) is 4.98 Å². The summed E-state index contributed by atoms with van der Waals surface area (Å²) in [5, 5.41) is 7.01. The van der Waals surface area contributed by atoms with Crippen molar-refractivity contribution in [1.82, 2.24) is 20.3 Å². The molecule has 150 valence electrons. The lowest BCUT2D eigenvalue weighted by Gasteiger charge is -2.22. The van der Waals surface area contributed by atoms with E-state index >= 15 is 0 Å². The van der Waals surface area contributed by atoms with Crippen molar-refractivity contribution < 1.29 is 4.74 Å². The molecule has 8 heteroatoms. The second-order valence-corrected chi connectivity index (χ2v) is 8.07. The largest absolute Gasteiger partial charge is 0.493 e. The third-order valence-corrected chi connectivity index (χ3v) is 6.07. The van der Waals surface area contributed by atoms with Gasteiger partial charge in [0, 0.05) is 6.20 Å². The summed E-state index contributed by atoms with van der Waals surface area (Å²) in [4.78, 5) is 24.6. The minimum atomic E-state index is -0.181. The highest BCUT2D eigenvalue weighted by molar-refractivity contribution is 7.17. The summed E-state index contributed by atoms with van der Waals surface area (Å²) in [6.07, 6.45) is 4.07. The molecule has 4 heterocycles. The van der Waals surface area contributed by atoms with Crippen molar-refractivity contribution in [3.8, 4) is 17.3 Å². The quantitative estimate of drug-likeness (QED) is 0.513. The Hall–Kier alpha value is -2.48. The number of benzene rings is 1. The van der Waals surface area contributed by atoms with Crippen molar-refractivity contribution in [2.75, 3.05) is 19.7 Å². The number of hydrogen-bond donors (Lipinski definition) is 2. The molecule has 4 aromatic rings. The molecule has 1 saturated heterocycles. The van der Waals surface area contributed by atoms with Crippen LogP contribution in [0.15, 0.2) is 46.7 Å². The lowest BCUT2D eigenvalue weighted by molar-refractivity contribution is 0.215. The lowest BCUT2D eigenvalue weighted by Crippen LogP contribution is -2.30. The van der Waals surface area contributed by atoms with E-state index in [1.165, 1.54) is 0 Å². The van der Waals surface area contributed by atoms with E-state index in [1.807, 2.05) is 35.8 Å². The zero-order valence-corrected chi connectivity index (χ0v) is 17.3. The maximum atomic E-state index is 12.7. The molecule has 29 heavy (non-hydrogen) atoms. The van der Waals surface area contributed by atoms with Gasteiger partial charge in [-0.2, -0.15) is 0 Å². The molecule has 3 aromatic heterocycles. The molecule has 6 nitrogen and oxygen atoms in total. The highest BCUT2D eigenvalue weighted by Crippen LogP contribution is 2.25. The first kappa shape index (κ1) is 19.8.